The van der Waals surface area contributed by atoms with Gasteiger partial charge in [-0.1, -0.05) is 30.9 Å². The molecule has 0 fully saturated rings. The van der Waals surface area contributed by atoms with Crippen LogP contribution in [0.15, 0.2) is 30.6 Å². The van der Waals surface area contributed by atoms with Crippen LogP contribution >= 0.6 is 11.6 Å². The predicted octanol–water partition coefficient (Wildman–Crippen LogP) is 4.95. The number of hydrogen-bond acceptors (Lipinski definition) is 5. The van der Waals surface area contributed by atoms with Gasteiger partial charge in [0.1, 0.15) is 5.75 Å². The van der Waals surface area contributed by atoms with E-state index in [1.54, 1.807) is 12.1 Å². The van der Waals surface area contributed by atoms with Gasteiger partial charge in [0, 0.05) is 24.4 Å². The summed E-state index contributed by atoms with van der Waals surface area (Å²) in [6.07, 6.45) is 10.4. The molecule has 6 heteroatoms. The Balaban J connectivity index is 1.68. The molecule has 2 rings (SSSR count). The van der Waals surface area contributed by atoms with Crippen LogP contribution in [0, 0.1) is 0 Å². The summed E-state index contributed by atoms with van der Waals surface area (Å²) in [7, 11) is 0. The number of rotatable bonds is 10. The average molecular weight is 377 g/mol. The maximum absolute atomic E-state index is 11.2. The second-order valence-electron chi connectivity index (χ2n) is 6.15. The van der Waals surface area contributed by atoms with E-state index in [2.05, 4.69) is 9.97 Å². The zero-order valence-corrected chi connectivity index (χ0v) is 15.8. The highest BCUT2D eigenvalue weighted by atomic mass is 35.5. The van der Waals surface area contributed by atoms with Gasteiger partial charge in [-0.2, -0.15) is 0 Å². The van der Waals surface area contributed by atoms with E-state index >= 15 is 0 Å². The number of aryl methyl sites for hydroxylation is 1. The number of nitrogens with zero attached hydrogens (tertiary/aromatic N) is 2. The van der Waals surface area contributed by atoms with Gasteiger partial charge in [-0.25, -0.2) is 9.97 Å². The van der Waals surface area contributed by atoms with E-state index in [0.717, 1.165) is 49.7 Å². The van der Waals surface area contributed by atoms with Crippen LogP contribution in [0.5, 0.6) is 5.75 Å². The fraction of sp³-hybridized carbons (Fsp3) is 0.450. The molecule has 1 aromatic heterocycles. The number of ether oxygens (including phenoxy) is 1. The molecule has 0 saturated carbocycles. The van der Waals surface area contributed by atoms with Crippen LogP contribution in [0.25, 0.3) is 11.4 Å². The molecule has 1 heterocycles. The summed E-state index contributed by atoms with van der Waals surface area (Å²) in [6.45, 7) is 2.29. The SMILES string of the molecule is CCOC(=O)CCCCCCCc1cnc(-c2ccc(O)c(Cl)c2)nc1. The molecule has 1 N–H and O–H groups in total. The standard InChI is InChI=1S/C20H25ClN2O3/c1-2-26-19(25)9-7-5-3-4-6-8-15-13-22-20(23-14-15)16-10-11-18(24)17(21)12-16/h10-14,24H,2-9H2,1H3. The first-order chi connectivity index (χ1) is 12.6. The van der Waals surface area contributed by atoms with Crippen LogP contribution < -0.4 is 0 Å². The van der Waals surface area contributed by atoms with Gasteiger partial charge in [0.25, 0.3) is 0 Å². The summed E-state index contributed by atoms with van der Waals surface area (Å²) in [4.78, 5) is 20.0. The molecule has 0 amide bonds. The number of halogens is 1. The minimum atomic E-state index is -0.0975. The van der Waals surface area contributed by atoms with E-state index in [0.29, 0.717) is 18.9 Å². The number of esters is 1. The number of carbonyl (C=O) groups excluding carboxylic acids is 1. The van der Waals surface area contributed by atoms with Gasteiger partial charge >= 0.3 is 5.97 Å². The average Bonchev–Trinajstić information content (AvgIpc) is 2.64. The quantitative estimate of drug-likeness (QED) is 0.469. The first-order valence-electron chi connectivity index (χ1n) is 9.05. The molecule has 0 spiro atoms. The van der Waals surface area contributed by atoms with E-state index in [1.807, 2.05) is 19.3 Å². The van der Waals surface area contributed by atoms with Gasteiger partial charge in [0.15, 0.2) is 5.82 Å². The number of hydrogen-bond donors (Lipinski definition) is 1. The van der Waals surface area contributed by atoms with Crippen LogP contribution in [0.3, 0.4) is 0 Å². The van der Waals surface area contributed by atoms with Crippen molar-refractivity contribution in [3.05, 3.63) is 41.2 Å². The number of aromatic hydroxyl groups is 1. The lowest BCUT2D eigenvalue weighted by atomic mass is 10.1. The fourth-order valence-electron chi connectivity index (χ4n) is 2.64. The van der Waals surface area contributed by atoms with Gasteiger partial charge in [-0.3, -0.25) is 4.79 Å². The molecule has 1 aromatic carbocycles. The molecule has 0 bridgehead atoms. The molecule has 5 nitrogen and oxygen atoms in total. The summed E-state index contributed by atoms with van der Waals surface area (Å²) in [5.74, 6) is 0.545. The molecule has 2 aromatic rings. The van der Waals surface area contributed by atoms with E-state index < -0.39 is 0 Å². The van der Waals surface area contributed by atoms with E-state index in [-0.39, 0.29) is 16.7 Å². The van der Waals surface area contributed by atoms with E-state index in [9.17, 15) is 9.90 Å². The number of carbonyl (C=O) groups is 1. The molecule has 0 radical (unpaired) electrons. The molecule has 0 aliphatic heterocycles. The monoisotopic (exact) mass is 376 g/mol. The minimum absolute atomic E-state index is 0.0503. The smallest absolute Gasteiger partial charge is 0.305 e. The van der Waals surface area contributed by atoms with Crippen molar-refractivity contribution in [2.45, 2.75) is 51.9 Å². The van der Waals surface area contributed by atoms with Crippen molar-refractivity contribution < 1.29 is 14.6 Å². The summed E-state index contributed by atoms with van der Waals surface area (Å²) >= 11 is 5.92. The Morgan fingerprint density at radius 1 is 1.12 bits per heavy atom. The Kier molecular flexibility index (Phi) is 8.35. The second kappa shape index (κ2) is 10.8. The molecule has 0 aliphatic rings. The molecular formula is C20H25ClN2O3. The van der Waals surface area contributed by atoms with Crippen molar-refractivity contribution in [3.8, 4) is 17.1 Å². The number of phenolic OH excluding ortho intramolecular Hbond substituents is 1. The first-order valence-corrected chi connectivity index (χ1v) is 9.43. The Labute approximate surface area is 159 Å². The van der Waals surface area contributed by atoms with E-state index in [4.69, 9.17) is 16.3 Å². The Morgan fingerprint density at radius 3 is 2.50 bits per heavy atom. The van der Waals surface area contributed by atoms with Gasteiger partial charge in [0.05, 0.1) is 11.6 Å². The Morgan fingerprint density at radius 2 is 1.81 bits per heavy atom. The van der Waals surface area contributed by atoms with Crippen molar-refractivity contribution in [1.29, 1.82) is 0 Å². The van der Waals surface area contributed by atoms with Crippen molar-refractivity contribution in [2.24, 2.45) is 0 Å². The zero-order chi connectivity index (χ0) is 18.8. The lowest BCUT2D eigenvalue weighted by molar-refractivity contribution is -0.143. The molecule has 0 aliphatic carbocycles. The van der Waals surface area contributed by atoms with Crippen LogP contribution in [0.4, 0.5) is 0 Å². The third-order valence-electron chi connectivity index (χ3n) is 4.06. The normalized spacial score (nSPS) is 10.7. The highest BCUT2D eigenvalue weighted by Gasteiger charge is 2.05. The topological polar surface area (TPSA) is 72.3 Å². The predicted molar refractivity (Wildman–Crippen MR) is 102 cm³/mol. The van der Waals surface area contributed by atoms with Crippen molar-refractivity contribution in [2.75, 3.05) is 6.61 Å². The van der Waals surface area contributed by atoms with Crippen molar-refractivity contribution in [1.82, 2.24) is 9.97 Å². The maximum Gasteiger partial charge on any atom is 0.305 e. The van der Waals surface area contributed by atoms with Crippen molar-refractivity contribution in [3.63, 3.8) is 0 Å². The third kappa shape index (κ3) is 6.64. The van der Waals surface area contributed by atoms with Gasteiger partial charge in [-0.15, -0.1) is 0 Å². The number of aromatic nitrogens is 2. The second-order valence-corrected chi connectivity index (χ2v) is 6.56. The molecule has 0 unspecified atom stereocenters. The summed E-state index contributed by atoms with van der Waals surface area (Å²) < 4.78 is 4.91. The lowest BCUT2D eigenvalue weighted by Gasteiger charge is -2.05. The number of unbranched alkanes of at least 4 members (excludes halogenated alkanes) is 4. The van der Waals surface area contributed by atoms with Crippen molar-refractivity contribution >= 4 is 17.6 Å². The highest BCUT2D eigenvalue weighted by molar-refractivity contribution is 6.32. The van der Waals surface area contributed by atoms with Gasteiger partial charge in [0.2, 0.25) is 0 Å². The molecule has 0 atom stereocenters. The number of phenols is 1. The first kappa shape index (κ1) is 20.2. The highest BCUT2D eigenvalue weighted by Crippen LogP contribution is 2.27. The summed E-state index contributed by atoms with van der Waals surface area (Å²) in [5, 5.41) is 9.75. The minimum Gasteiger partial charge on any atom is -0.506 e. The largest absolute Gasteiger partial charge is 0.506 e. The zero-order valence-electron chi connectivity index (χ0n) is 15.1. The molecular weight excluding hydrogens is 352 g/mol. The third-order valence-corrected chi connectivity index (χ3v) is 4.37. The fourth-order valence-corrected chi connectivity index (χ4v) is 2.82. The molecule has 140 valence electrons. The summed E-state index contributed by atoms with van der Waals surface area (Å²) in [5.41, 5.74) is 1.88. The van der Waals surface area contributed by atoms with Crippen LogP contribution in [0.2, 0.25) is 5.02 Å². The lowest BCUT2D eigenvalue weighted by Crippen LogP contribution is -2.03. The molecule has 0 saturated heterocycles. The van der Waals surface area contributed by atoms with Crippen LogP contribution in [-0.4, -0.2) is 27.7 Å². The Bertz CT molecular complexity index is 705. The molecule has 26 heavy (non-hydrogen) atoms. The number of benzene rings is 1. The van der Waals surface area contributed by atoms with Gasteiger partial charge in [-0.05, 0) is 49.9 Å². The van der Waals surface area contributed by atoms with E-state index in [1.165, 1.54) is 6.07 Å². The van der Waals surface area contributed by atoms with Crippen LogP contribution in [0.1, 0.15) is 51.0 Å². The van der Waals surface area contributed by atoms with Crippen LogP contribution in [-0.2, 0) is 16.0 Å². The van der Waals surface area contributed by atoms with Gasteiger partial charge < -0.3 is 9.84 Å². The maximum atomic E-state index is 11.2. The summed E-state index contributed by atoms with van der Waals surface area (Å²) in [6, 6.07) is 4.94. The Hall–Kier alpha value is -2.14.